The normalized spacial score (nSPS) is 18.1. The number of rotatable bonds is 2. The topological polar surface area (TPSA) is 88.8 Å². The van der Waals surface area contributed by atoms with Gasteiger partial charge in [0.15, 0.2) is 11.3 Å². The quantitative estimate of drug-likeness (QED) is 0.648. The van der Waals surface area contributed by atoms with Crippen LogP contribution in [0.25, 0.3) is 5.65 Å². The second kappa shape index (κ2) is 6.77. The fraction of sp³-hybridized carbons (Fsp3) is 0.450. The zero-order valence-electron chi connectivity index (χ0n) is 16.6. The molecule has 5 rings (SSSR count). The van der Waals surface area contributed by atoms with Crippen LogP contribution in [0.5, 0.6) is 0 Å². The van der Waals surface area contributed by atoms with Gasteiger partial charge in [0.1, 0.15) is 5.60 Å². The third-order valence-electron chi connectivity index (χ3n) is 5.79. The number of carbonyl (C=O) groups excluding carboxylic acids is 1. The number of hydrogen-bond donors (Lipinski definition) is 0. The number of aromatic nitrogens is 5. The molecule has 2 aliphatic heterocycles. The highest BCUT2D eigenvalue weighted by Crippen LogP contribution is 2.41. The first-order valence-corrected chi connectivity index (χ1v) is 9.83. The lowest BCUT2D eigenvalue weighted by molar-refractivity contribution is -0.0967. The molecule has 1 fully saturated rings. The van der Waals surface area contributed by atoms with Gasteiger partial charge in [0, 0.05) is 39.6 Å². The highest BCUT2D eigenvalue weighted by Gasteiger charge is 2.43. The number of carbonyl (C=O) groups is 1. The number of fused-ring (bicyclic) bond motifs is 3. The van der Waals surface area contributed by atoms with Crippen molar-refractivity contribution in [3.05, 3.63) is 47.7 Å². The summed E-state index contributed by atoms with van der Waals surface area (Å²) in [7, 11) is 3.87. The summed E-state index contributed by atoms with van der Waals surface area (Å²) in [5.41, 5.74) is 2.83. The second-order valence-corrected chi connectivity index (χ2v) is 7.76. The fourth-order valence-electron chi connectivity index (χ4n) is 4.20. The molecule has 9 nitrogen and oxygen atoms in total. The van der Waals surface area contributed by atoms with Gasteiger partial charge in [-0.25, -0.2) is 19.5 Å². The Morgan fingerprint density at radius 2 is 2.03 bits per heavy atom. The van der Waals surface area contributed by atoms with E-state index in [1.54, 1.807) is 16.9 Å². The molecule has 150 valence electrons. The molecule has 9 heteroatoms. The first-order valence-electron chi connectivity index (χ1n) is 9.83. The molecule has 0 atom stereocenters. The third kappa shape index (κ3) is 2.93. The molecule has 29 heavy (non-hydrogen) atoms. The molecule has 5 heterocycles. The highest BCUT2D eigenvalue weighted by molar-refractivity contribution is 5.93. The van der Waals surface area contributed by atoms with Gasteiger partial charge in [0.05, 0.1) is 18.5 Å². The number of nitrogens with zero attached hydrogens (tertiary/aromatic N) is 7. The van der Waals surface area contributed by atoms with Gasteiger partial charge in [0.2, 0.25) is 5.95 Å². The molecule has 0 saturated carbocycles. The smallest absolute Gasteiger partial charge is 0.274 e. The minimum absolute atomic E-state index is 0.0567. The van der Waals surface area contributed by atoms with Gasteiger partial charge < -0.3 is 14.5 Å². The van der Waals surface area contributed by atoms with Crippen LogP contribution < -0.4 is 4.90 Å². The van der Waals surface area contributed by atoms with Gasteiger partial charge in [0.25, 0.3) is 5.91 Å². The predicted octanol–water partition coefficient (Wildman–Crippen LogP) is 1.29. The second-order valence-electron chi connectivity index (χ2n) is 7.76. The molecule has 0 unspecified atom stereocenters. The summed E-state index contributed by atoms with van der Waals surface area (Å²) >= 11 is 0. The van der Waals surface area contributed by atoms with Crippen molar-refractivity contribution in [2.75, 3.05) is 38.7 Å². The third-order valence-corrected chi connectivity index (χ3v) is 5.79. The number of amides is 1. The molecule has 1 saturated heterocycles. The lowest BCUT2D eigenvalue weighted by atomic mass is 9.83. The SMILES string of the molecule is CN(C)c1ncc2c(n1)C1(CCN(C(=O)c3cnc4cccnn34)CC1)OCC2. The number of imidazole rings is 1. The van der Waals surface area contributed by atoms with Crippen LogP contribution in [0.1, 0.15) is 34.6 Å². The average molecular weight is 393 g/mol. The van der Waals surface area contributed by atoms with Crippen molar-refractivity contribution < 1.29 is 9.53 Å². The van der Waals surface area contributed by atoms with E-state index in [0.29, 0.717) is 49.8 Å². The van der Waals surface area contributed by atoms with Crippen LogP contribution in [0.2, 0.25) is 0 Å². The maximum atomic E-state index is 13.1. The Morgan fingerprint density at radius 3 is 2.83 bits per heavy atom. The summed E-state index contributed by atoms with van der Waals surface area (Å²) in [6.07, 6.45) is 7.41. The number of ether oxygens (including phenoxy) is 1. The van der Waals surface area contributed by atoms with E-state index in [9.17, 15) is 4.79 Å². The molecule has 3 aromatic heterocycles. The molecule has 2 aliphatic rings. The van der Waals surface area contributed by atoms with Crippen LogP contribution in [0.3, 0.4) is 0 Å². The van der Waals surface area contributed by atoms with E-state index in [0.717, 1.165) is 17.7 Å². The number of likely N-dealkylation sites (tertiary alicyclic amines) is 1. The van der Waals surface area contributed by atoms with Crippen LogP contribution >= 0.6 is 0 Å². The maximum Gasteiger partial charge on any atom is 0.274 e. The first-order chi connectivity index (χ1) is 14.1. The molecular weight excluding hydrogens is 370 g/mol. The fourth-order valence-corrected chi connectivity index (χ4v) is 4.20. The molecule has 0 bridgehead atoms. The van der Waals surface area contributed by atoms with E-state index in [1.807, 2.05) is 42.2 Å². The van der Waals surface area contributed by atoms with Crippen molar-refractivity contribution in [1.82, 2.24) is 29.5 Å². The van der Waals surface area contributed by atoms with E-state index < -0.39 is 5.60 Å². The molecule has 1 spiro atoms. The summed E-state index contributed by atoms with van der Waals surface area (Å²) in [6, 6.07) is 3.65. The van der Waals surface area contributed by atoms with E-state index in [2.05, 4.69) is 15.1 Å². The van der Waals surface area contributed by atoms with E-state index in [-0.39, 0.29) is 5.91 Å². The molecule has 0 N–H and O–H groups in total. The molecule has 3 aromatic rings. The summed E-state index contributed by atoms with van der Waals surface area (Å²) in [5.74, 6) is 0.627. The van der Waals surface area contributed by atoms with Crippen molar-refractivity contribution in [2.45, 2.75) is 24.9 Å². The standard InChI is InChI=1S/C20H23N7O2/c1-25(2)19-22-12-14-5-11-29-20(17(14)24-19)6-9-26(10-7-20)18(28)15-13-21-16-4-3-8-23-27(15)16/h3-4,8,12-13H,5-7,9-11H2,1-2H3. The summed E-state index contributed by atoms with van der Waals surface area (Å²) in [6.45, 7) is 1.85. The molecule has 0 aromatic carbocycles. The first kappa shape index (κ1) is 18.0. The Morgan fingerprint density at radius 1 is 1.21 bits per heavy atom. The van der Waals surface area contributed by atoms with Gasteiger partial charge in [-0.2, -0.15) is 5.10 Å². The monoisotopic (exact) mass is 393 g/mol. The summed E-state index contributed by atoms with van der Waals surface area (Å²) < 4.78 is 7.87. The highest BCUT2D eigenvalue weighted by atomic mass is 16.5. The van der Waals surface area contributed by atoms with Gasteiger partial charge in [-0.05, 0) is 37.0 Å². The zero-order chi connectivity index (χ0) is 20.0. The van der Waals surface area contributed by atoms with Gasteiger partial charge >= 0.3 is 0 Å². The predicted molar refractivity (Wildman–Crippen MR) is 106 cm³/mol. The Labute approximate surface area is 168 Å². The number of anilines is 1. The van der Waals surface area contributed by atoms with E-state index in [1.165, 1.54) is 0 Å². The van der Waals surface area contributed by atoms with Crippen LogP contribution in [-0.4, -0.2) is 69.2 Å². The molecule has 0 aliphatic carbocycles. The summed E-state index contributed by atoms with van der Waals surface area (Å²) in [5, 5.41) is 4.26. The van der Waals surface area contributed by atoms with Crippen LogP contribution in [0.15, 0.2) is 30.7 Å². The van der Waals surface area contributed by atoms with Crippen molar-refractivity contribution in [3.63, 3.8) is 0 Å². The van der Waals surface area contributed by atoms with E-state index in [4.69, 9.17) is 9.72 Å². The Balaban J connectivity index is 1.39. The van der Waals surface area contributed by atoms with Crippen LogP contribution in [-0.2, 0) is 16.8 Å². The minimum atomic E-state index is -0.449. The Kier molecular flexibility index (Phi) is 4.20. The Hall–Kier alpha value is -3.07. The minimum Gasteiger partial charge on any atom is -0.368 e. The maximum absolute atomic E-state index is 13.1. The van der Waals surface area contributed by atoms with Crippen molar-refractivity contribution >= 4 is 17.5 Å². The zero-order valence-corrected chi connectivity index (χ0v) is 16.6. The van der Waals surface area contributed by atoms with Gasteiger partial charge in [-0.1, -0.05) is 0 Å². The van der Waals surface area contributed by atoms with Crippen LogP contribution in [0.4, 0.5) is 5.95 Å². The van der Waals surface area contributed by atoms with Crippen molar-refractivity contribution in [2.24, 2.45) is 0 Å². The van der Waals surface area contributed by atoms with Crippen LogP contribution in [0, 0.1) is 0 Å². The van der Waals surface area contributed by atoms with Crippen molar-refractivity contribution in [1.29, 1.82) is 0 Å². The van der Waals surface area contributed by atoms with Gasteiger partial charge in [-0.15, -0.1) is 0 Å². The summed E-state index contributed by atoms with van der Waals surface area (Å²) in [4.78, 5) is 30.4. The lowest BCUT2D eigenvalue weighted by Crippen LogP contribution is -2.49. The largest absolute Gasteiger partial charge is 0.368 e. The van der Waals surface area contributed by atoms with E-state index >= 15 is 0 Å². The Bertz CT molecular complexity index is 1070. The average Bonchev–Trinajstić information content (AvgIpc) is 3.18. The van der Waals surface area contributed by atoms with Gasteiger partial charge in [-0.3, -0.25) is 4.79 Å². The van der Waals surface area contributed by atoms with Crippen molar-refractivity contribution in [3.8, 4) is 0 Å². The molecular formula is C20H23N7O2. The number of piperidine rings is 1. The number of hydrogen-bond acceptors (Lipinski definition) is 7. The lowest BCUT2D eigenvalue weighted by Gasteiger charge is -2.44. The molecule has 0 radical (unpaired) electrons. The molecule has 1 amide bonds.